The zero-order valence-electron chi connectivity index (χ0n) is 14.8. The Morgan fingerprint density at radius 1 is 0.875 bits per heavy atom. The van der Waals surface area contributed by atoms with Gasteiger partial charge in [0.05, 0.1) is 11.2 Å². The lowest BCUT2D eigenvalue weighted by Gasteiger charge is -2.32. The SMILES string of the molecule is CC1(C)OB(c2cccc3c2P(C)(=O)c2ccccc2-3)OC1(C)C. The first kappa shape index (κ1) is 16.1. The minimum Gasteiger partial charge on any atom is -0.399 e. The van der Waals surface area contributed by atoms with E-state index in [1.165, 1.54) is 0 Å². The molecule has 24 heavy (non-hydrogen) atoms. The Balaban J connectivity index is 1.90. The normalized spacial score (nSPS) is 26.3. The molecular weight excluding hydrogens is 318 g/mol. The van der Waals surface area contributed by atoms with E-state index in [4.69, 9.17) is 9.31 Å². The summed E-state index contributed by atoms with van der Waals surface area (Å²) in [5.74, 6) is 0. The average molecular weight is 340 g/mol. The Hall–Kier alpha value is -1.35. The molecule has 0 aliphatic carbocycles. The summed E-state index contributed by atoms with van der Waals surface area (Å²) in [6.45, 7) is 10.0. The van der Waals surface area contributed by atoms with Crippen LogP contribution in [0.15, 0.2) is 42.5 Å². The Morgan fingerprint density at radius 2 is 1.46 bits per heavy atom. The van der Waals surface area contributed by atoms with Crippen molar-refractivity contribution < 1.29 is 13.9 Å². The van der Waals surface area contributed by atoms with E-state index in [2.05, 4.69) is 0 Å². The van der Waals surface area contributed by atoms with Crippen molar-refractivity contribution >= 4 is 30.3 Å². The Bertz CT molecular complexity index is 872. The second-order valence-electron chi connectivity index (χ2n) is 7.77. The average Bonchev–Trinajstić information content (AvgIpc) is 2.88. The molecule has 0 bridgehead atoms. The first-order chi connectivity index (χ1) is 11.2. The van der Waals surface area contributed by atoms with Gasteiger partial charge in [-0.15, -0.1) is 0 Å². The topological polar surface area (TPSA) is 35.5 Å². The van der Waals surface area contributed by atoms with Crippen LogP contribution in [0.1, 0.15) is 27.7 Å². The monoisotopic (exact) mass is 340 g/mol. The summed E-state index contributed by atoms with van der Waals surface area (Å²) in [4.78, 5) is 0. The predicted octanol–water partition coefficient (Wildman–Crippen LogP) is 2.91. The van der Waals surface area contributed by atoms with E-state index in [0.717, 1.165) is 27.2 Å². The standard InChI is InChI=1S/C19H22BO3P/c1-18(2)19(3,4)23-20(22-18)15-11-8-10-14-13-9-6-7-12-16(13)24(5,21)17(14)15/h6-12H,1-5H3. The maximum atomic E-state index is 13.6. The van der Waals surface area contributed by atoms with E-state index in [-0.39, 0.29) is 0 Å². The van der Waals surface area contributed by atoms with Crippen molar-refractivity contribution in [1.29, 1.82) is 0 Å². The highest BCUT2D eigenvalue weighted by Crippen LogP contribution is 2.49. The van der Waals surface area contributed by atoms with Gasteiger partial charge in [-0.2, -0.15) is 0 Å². The number of benzene rings is 2. The number of fused-ring (bicyclic) bond motifs is 3. The van der Waals surface area contributed by atoms with Crippen LogP contribution in [0, 0.1) is 0 Å². The maximum Gasteiger partial charge on any atom is 0.495 e. The summed E-state index contributed by atoms with van der Waals surface area (Å²) in [7, 11) is -3.15. The highest BCUT2D eigenvalue weighted by Gasteiger charge is 2.53. The lowest BCUT2D eigenvalue weighted by molar-refractivity contribution is 0.00578. The zero-order chi connectivity index (χ0) is 17.3. The van der Waals surface area contributed by atoms with Crippen LogP contribution < -0.4 is 16.1 Å². The van der Waals surface area contributed by atoms with Crippen LogP contribution in [0.3, 0.4) is 0 Å². The van der Waals surface area contributed by atoms with Crippen molar-refractivity contribution in [3.63, 3.8) is 0 Å². The van der Waals surface area contributed by atoms with E-state index >= 15 is 0 Å². The molecule has 5 heteroatoms. The molecule has 0 amide bonds. The molecule has 2 aliphatic heterocycles. The van der Waals surface area contributed by atoms with Crippen molar-refractivity contribution in [3.8, 4) is 11.1 Å². The highest BCUT2D eigenvalue weighted by atomic mass is 31.2. The fraction of sp³-hybridized carbons (Fsp3) is 0.368. The molecule has 124 valence electrons. The zero-order valence-corrected chi connectivity index (χ0v) is 15.7. The van der Waals surface area contributed by atoms with Gasteiger partial charge in [-0.3, -0.25) is 0 Å². The van der Waals surface area contributed by atoms with Crippen LogP contribution in [0.2, 0.25) is 0 Å². The molecule has 0 spiro atoms. The van der Waals surface area contributed by atoms with Crippen molar-refractivity contribution in [2.75, 3.05) is 6.66 Å². The molecule has 0 N–H and O–H groups in total. The first-order valence-corrected chi connectivity index (χ1v) is 10.5. The summed E-state index contributed by atoms with van der Waals surface area (Å²) in [6.07, 6.45) is 0. The Labute approximate surface area is 143 Å². The van der Waals surface area contributed by atoms with Crippen LogP contribution in [-0.2, 0) is 13.9 Å². The Morgan fingerprint density at radius 3 is 2.12 bits per heavy atom. The van der Waals surface area contributed by atoms with Crippen molar-refractivity contribution in [1.82, 2.24) is 0 Å². The number of hydrogen-bond acceptors (Lipinski definition) is 3. The predicted molar refractivity (Wildman–Crippen MR) is 100 cm³/mol. The second kappa shape index (κ2) is 4.85. The van der Waals surface area contributed by atoms with Gasteiger partial charge in [-0.1, -0.05) is 42.5 Å². The van der Waals surface area contributed by atoms with Gasteiger partial charge < -0.3 is 13.9 Å². The minimum absolute atomic E-state index is 0.413. The van der Waals surface area contributed by atoms with E-state index in [9.17, 15) is 4.57 Å². The molecule has 0 saturated carbocycles. The summed E-state index contributed by atoms with van der Waals surface area (Å²) in [5, 5.41) is 1.83. The molecule has 3 nitrogen and oxygen atoms in total. The molecular formula is C19H22BO3P. The molecule has 2 aromatic carbocycles. The van der Waals surface area contributed by atoms with Crippen molar-refractivity contribution in [2.24, 2.45) is 0 Å². The van der Waals surface area contributed by atoms with E-state index in [0.29, 0.717) is 0 Å². The molecule has 2 aromatic rings. The minimum atomic E-state index is -2.66. The fourth-order valence-electron chi connectivity index (χ4n) is 3.61. The second-order valence-corrected chi connectivity index (χ2v) is 10.6. The molecule has 1 unspecified atom stereocenters. The molecule has 0 aromatic heterocycles. The molecule has 1 atom stereocenters. The lowest BCUT2D eigenvalue weighted by atomic mass is 9.78. The third-order valence-corrected chi connectivity index (χ3v) is 8.32. The van der Waals surface area contributed by atoms with Crippen molar-refractivity contribution in [3.05, 3.63) is 42.5 Å². The summed E-state index contributed by atoms with van der Waals surface area (Å²) < 4.78 is 26.1. The summed E-state index contributed by atoms with van der Waals surface area (Å²) in [5.41, 5.74) is 2.18. The van der Waals surface area contributed by atoms with Crippen LogP contribution in [0.25, 0.3) is 11.1 Å². The van der Waals surface area contributed by atoms with Gasteiger partial charge in [-0.05, 0) is 50.9 Å². The number of hydrogen-bond donors (Lipinski definition) is 0. The third-order valence-electron chi connectivity index (χ3n) is 5.66. The highest BCUT2D eigenvalue weighted by molar-refractivity contribution is 7.79. The largest absolute Gasteiger partial charge is 0.495 e. The van der Waals surface area contributed by atoms with Gasteiger partial charge in [0.2, 0.25) is 0 Å². The van der Waals surface area contributed by atoms with Gasteiger partial charge in [0.25, 0.3) is 0 Å². The van der Waals surface area contributed by atoms with Gasteiger partial charge in [-0.25, -0.2) is 0 Å². The van der Waals surface area contributed by atoms with Crippen LogP contribution in [0.4, 0.5) is 0 Å². The van der Waals surface area contributed by atoms with Crippen LogP contribution in [-0.4, -0.2) is 25.0 Å². The summed E-state index contributed by atoms with van der Waals surface area (Å²) >= 11 is 0. The third kappa shape index (κ3) is 2.03. The lowest BCUT2D eigenvalue weighted by Crippen LogP contribution is -2.43. The number of rotatable bonds is 1. The van der Waals surface area contributed by atoms with E-state index in [1.54, 1.807) is 0 Å². The smallest absolute Gasteiger partial charge is 0.399 e. The molecule has 1 saturated heterocycles. The molecule has 0 radical (unpaired) electrons. The van der Waals surface area contributed by atoms with Crippen molar-refractivity contribution in [2.45, 2.75) is 38.9 Å². The molecule has 1 fully saturated rings. The fourth-order valence-corrected chi connectivity index (χ4v) is 6.20. The Kier molecular flexibility index (Phi) is 3.26. The quantitative estimate of drug-likeness (QED) is 0.592. The molecule has 2 heterocycles. The molecule has 2 aliphatic rings. The summed E-state index contributed by atoms with van der Waals surface area (Å²) in [6, 6.07) is 14.0. The molecule has 4 rings (SSSR count). The van der Waals surface area contributed by atoms with Crippen LogP contribution >= 0.6 is 7.14 Å². The first-order valence-electron chi connectivity index (χ1n) is 8.32. The van der Waals surface area contributed by atoms with Crippen LogP contribution in [0.5, 0.6) is 0 Å². The van der Waals surface area contributed by atoms with Gasteiger partial charge in [0.15, 0.2) is 0 Å². The van der Waals surface area contributed by atoms with Gasteiger partial charge in [0.1, 0.15) is 7.14 Å². The van der Waals surface area contributed by atoms with Gasteiger partial charge >= 0.3 is 7.12 Å². The van der Waals surface area contributed by atoms with E-state index < -0.39 is 25.5 Å². The maximum absolute atomic E-state index is 13.6. The van der Waals surface area contributed by atoms with Gasteiger partial charge in [0, 0.05) is 10.6 Å². The van der Waals surface area contributed by atoms with E-state index in [1.807, 2.05) is 76.8 Å².